The van der Waals surface area contributed by atoms with Crippen LogP contribution in [0, 0.1) is 0 Å². The zero-order valence-corrected chi connectivity index (χ0v) is 51.7. The van der Waals surface area contributed by atoms with Crippen molar-refractivity contribution in [2.75, 3.05) is 9.80 Å². The van der Waals surface area contributed by atoms with Crippen LogP contribution in [-0.4, -0.2) is 6.04 Å². The molecule has 0 heterocycles. The van der Waals surface area contributed by atoms with E-state index in [9.17, 15) is 0 Å². The summed E-state index contributed by atoms with van der Waals surface area (Å²) in [6.45, 7) is 33.9. The van der Waals surface area contributed by atoms with E-state index in [0.29, 0.717) is 0 Å². The minimum absolute atomic E-state index is 0.0794. The Bertz CT molecular complexity index is 4440. The number of allylic oxidation sites excluding steroid dienone is 2. The van der Waals surface area contributed by atoms with Gasteiger partial charge in [-0.3, -0.25) is 0 Å². The van der Waals surface area contributed by atoms with Crippen LogP contribution in [0.1, 0.15) is 159 Å². The molecule has 1 unspecified atom stereocenters. The molecule has 10 aromatic carbocycles. The maximum atomic E-state index is 2.70. The van der Waals surface area contributed by atoms with Crippen LogP contribution < -0.4 is 9.80 Å². The van der Waals surface area contributed by atoms with E-state index in [2.05, 4.69) is 307 Å². The van der Waals surface area contributed by atoms with Gasteiger partial charge in [0.25, 0.3) is 0 Å². The van der Waals surface area contributed by atoms with Gasteiger partial charge in [0.05, 0.1) is 6.04 Å². The lowest BCUT2D eigenvalue weighted by Crippen LogP contribution is -2.34. The van der Waals surface area contributed by atoms with Crippen molar-refractivity contribution < 1.29 is 0 Å². The predicted octanol–water partition coefficient (Wildman–Crippen LogP) is 22.2. The molecule has 10 aromatic rings. The molecule has 15 rings (SSSR count). The molecular formula is C82H78N2. The van der Waals surface area contributed by atoms with Gasteiger partial charge in [-0.2, -0.15) is 0 Å². The zero-order chi connectivity index (χ0) is 58.4. The van der Waals surface area contributed by atoms with E-state index in [0.717, 1.165) is 12.1 Å². The number of nitrogens with zero attached hydrogens (tertiary/aromatic N) is 2. The Morgan fingerprint density at radius 2 is 0.667 bits per heavy atom. The largest absolute Gasteiger partial charge is 0.334 e. The molecule has 0 saturated carbocycles. The summed E-state index contributed by atoms with van der Waals surface area (Å²) in [6.07, 6.45) is 5.90. The number of fused-ring (bicyclic) bond motifs is 13. The smallest absolute Gasteiger partial charge is 0.0563 e. The summed E-state index contributed by atoms with van der Waals surface area (Å²) in [7, 11) is 0. The quantitative estimate of drug-likeness (QED) is 0.153. The molecule has 416 valence electrons. The Balaban J connectivity index is 0.957. The first-order valence-electron chi connectivity index (χ1n) is 30.8. The summed E-state index contributed by atoms with van der Waals surface area (Å²) in [5.41, 5.74) is 29.8. The van der Waals surface area contributed by atoms with Gasteiger partial charge in [0, 0.05) is 50.1 Å². The highest BCUT2D eigenvalue weighted by molar-refractivity contribution is 6.10. The molecule has 2 nitrogen and oxygen atoms in total. The molecule has 0 aromatic heterocycles. The molecule has 0 amide bonds. The van der Waals surface area contributed by atoms with Gasteiger partial charge >= 0.3 is 0 Å². The SMILES string of the molecule is CC(C)(C)c1c2ccc(N(c3ccc4c(c3)C(C)(C)c3ccccc3-4)c3ccc4c(c3)C(C)(C)c3ccccc3-4)cc2c(C(C)(C)C)c2cc(N(c3ccc4c(c3)C(C)(C)c3ccccc3-4)C3C=CC4=C(C3)C(C)(C)c3ccccc34)ccc12. The Kier molecular flexibility index (Phi) is 11.1. The third-order valence-electron chi connectivity index (χ3n) is 20.8. The Hall–Kier alpha value is -8.20. The maximum absolute atomic E-state index is 2.70. The number of hydrogen-bond acceptors (Lipinski definition) is 2. The van der Waals surface area contributed by atoms with Crippen LogP contribution in [0.25, 0.3) is 60.5 Å². The first kappa shape index (κ1) is 52.6. The van der Waals surface area contributed by atoms with Crippen LogP contribution in [-0.2, 0) is 32.5 Å². The van der Waals surface area contributed by atoms with Crippen LogP contribution in [0.3, 0.4) is 0 Å². The Labute approximate surface area is 499 Å². The highest BCUT2D eigenvalue weighted by Crippen LogP contribution is 2.57. The van der Waals surface area contributed by atoms with Gasteiger partial charge in [-0.05, 0) is 200 Å². The van der Waals surface area contributed by atoms with E-state index in [1.54, 1.807) is 0 Å². The molecule has 84 heavy (non-hydrogen) atoms. The van der Waals surface area contributed by atoms with E-state index >= 15 is 0 Å². The monoisotopic (exact) mass is 1090 g/mol. The minimum atomic E-state index is -0.236. The number of hydrogen-bond donors (Lipinski definition) is 0. The van der Waals surface area contributed by atoms with Crippen molar-refractivity contribution in [3.8, 4) is 33.4 Å². The predicted molar refractivity (Wildman–Crippen MR) is 359 cm³/mol. The van der Waals surface area contributed by atoms with Crippen molar-refractivity contribution in [1.29, 1.82) is 0 Å². The van der Waals surface area contributed by atoms with E-state index in [-0.39, 0.29) is 38.5 Å². The second-order valence-electron chi connectivity index (χ2n) is 29.3. The first-order valence-corrected chi connectivity index (χ1v) is 30.8. The average Bonchev–Trinajstić information content (AvgIpc) is 1.26. The molecule has 0 radical (unpaired) electrons. The molecule has 5 aliphatic rings. The van der Waals surface area contributed by atoms with Gasteiger partial charge in [-0.25, -0.2) is 0 Å². The molecule has 0 aliphatic heterocycles. The van der Waals surface area contributed by atoms with Gasteiger partial charge in [0.2, 0.25) is 0 Å². The van der Waals surface area contributed by atoms with Crippen LogP contribution in [0.15, 0.2) is 206 Å². The summed E-state index contributed by atoms with van der Waals surface area (Å²) in [5.74, 6) is 0. The highest BCUT2D eigenvalue weighted by Gasteiger charge is 2.43. The fraction of sp³-hybridized carbons (Fsp3) is 0.268. The van der Waals surface area contributed by atoms with Gasteiger partial charge in [-0.1, -0.05) is 236 Å². The lowest BCUT2D eigenvalue weighted by molar-refractivity contribution is 0.584. The third kappa shape index (κ3) is 7.41. The van der Waals surface area contributed by atoms with Crippen LogP contribution in [0.5, 0.6) is 0 Å². The molecular weight excluding hydrogens is 1010 g/mol. The van der Waals surface area contributed by atoms with E-state index in [1.807, 2.05) is 0 Å². The normalized spacial score (nSPS) is 17.8. The summed E-state index contributed by atoms with van der Waals surface area (Å²) >= 11 is 0. The lowest BCUT2D eigenvalue weighted by atomic mass is 9.73. The van der Waals surface area contributed by atoms with Crippen LogP contribution >= 0.6 is 0 Å². The minimum Gasteiger partial charge on any atom is -0.334 e. The molecule has 0 N–H and O–H groups in total. The van der Waals surface area contributed by atoms with E-state index in [1.165, 1.54) is 144 Å². The molecule has 0 saturated heterocycles. The summed E-state index contributed by atoms with van der Waals surface area (Å²) < 4.78 is 0. The van der Waals surface area contributed by atoms with Gasteiger partial charge in [0.15, 0.2) is 0 Å². The molecule has 5 aliphatic carbocycles. The molecule has 2 heteroatoms. The summed E-state index contributed by atoms with van der Waals surface area (Å²) in [5, 5.41) is 5.28. The topological polar surface area (TPSA) is 6.48 Å². The molecule has 0 spiro atoms. The van der Waals surface area contributed by atoms with Crippen LogP contribution in [0.2, 0.25) is 0 Å². The first-order chi connectivity index (χ1) is 40.0. The molecule has 0 fully saturated rings. The van der Waals surface area contributed by atoms with E-state index in [4.69, 9.17) is 0 Å². The van der Waals surface area contributed by atoms with E-state index < -0.39 is 0 Å². The fourth-order valence-electron chi connectivity index (χ4n) is 16.7. The lowest BCUT2D eigenvalue weighted by Gasteiger charge is -2.38. The number of rotatable bonds is 6. The molecule has 0 bridgehead atoms. The van der Waals surface area contributed by atoms with Crippen molar-refractivity contribution in [3.63, 3.8) is 0 Å². The van der Waals surface area contributed by atoms with Gasteiger partial charge in [0.1, 0.15) is 0 Å². The summed E-state index contributed by atoms with van der Waals surface area (Å²) in [6, 6.07) is 73.2. The Morgan fingerprint density at radius 1 is 0.333 bits per heavy atom. The maximum Gasteiger partial charge on any atom is 0.0563 e. The second-order valence-corrected chi connectivity index (χ2v) is 29.3. The average molecular weight is 1090 g/mol. The number of benzene rings is 10. The molecule has 1 atom stereocenters. The van der Waals surface area contributed by atoms with Crippen molar-refractivity contribution in [2.45, 2.75) is 142 Å². The van der Waals surface area contributed by atoms with Gasteiger partial charge < -0.3 is 9.80 Å². The van der Waals surface area contributed by atoms with Gasteiger partial charge in [-0.15, -0.1) is 0 Å². The standard InChI is InChI=1S/C82H78N2/c1-77(2,3)75-63-41-35-49(83(51-31-37-59-55-23-15-19-27-67(55)79(7,8)71(59)45-51)52-32-38-60-56-24-16-20-28-68(56)80(9,10)72(60)46-52)43-65(63)76(78(4,5)6)66-44-50(36-42-64(66)75)84(53-33-39-61-57-25-17-21-29-69(57)81(11,12)73(61)47-53)54-34-40-62-58-26-18-22-30-70(58)82(13,14)74(62)48-54/h15-47,54H,48H2,1-14H3. The number of anilines is 5. The van der Waals surface area contributed by atoms with Crippen molar-refractivity contribution >= 4 is 55.6 Å². The van der Waals surface area contributed by atoms with Crippen molar-refractivity contribution in [1.82, 2.24) is 0 Å². The van der Waals surface area contributed by atoms with Crippen molar-refractivity contribution in [2.24, 2.45) is 0 Å². The van der Waals surface area contributed by atoms with Crippen LogP contribution in [0.4, 0.5) is 28.4 Å². The second kappa shape index (κ2) is 17.7. The summed E-state index contributed by atoms with van der Waals surface area (Å²) in [4.78, 5) is 5.27. The Morgan fingerprint density at radius 3 is 1.13 bits per heavy atom. The highest BCUT2D eigenvalue weighted by atomic mass is 15.2. The zero-order valence-electron chi connectivity index (χ0n) is 51.7. The fourth-order valence-corrected chi connectivity index (χ4v) is 16.7. The third-order valence-corrected chi connectivity index (χ3v) is 20.8. The van der Waals surface area contributed by atoms with Crippen molar-refractivity contribution in [3.05, 3.63) is 261 Å².